The third-order valence-electron chi connectivity index (χ3n) is 4.01. The fourth-order valence-corrected chi connectivity index (χ4v) is 2.91. The van der Waals surface area contributed by atoms with Crippen LogP contribution in [0.3, 0.4) is 0 Å². The molecule has 21 heavy (non-hydrogen) atoms. The monoisotopic (exact) mass is 285 g/mol. The van der Waals surface area contributed by atoms with E-state index in [2.05, 4.69) is 54.7 Å². The maximum atomic E-state index is 5.84. The van der Waals surface area contributed by atoms with E-state index in [1.807, 2.05) is 13.8 Å². The molecule has 1 fully saturated rings. The molecule has 3 nitrogen and oxygen atoms in total. The molecule has 0 radical (unpaired) electrons. The van der Waals surface area contributed by atoms with E-state index >= 15 is 0 Å². The molecule has 1 N–H and O–H groups in total. The van der Waals surface area contributed by atoms with Crippen molar-refractivity contribution in [2.45, 2.75) is 38.7 Å². The summed E-state index contributed by atoms with van der Waals surface area (Å²) in [6, 6.07) is 15.3. The second-order valence-corrected chi connectivity index (χ2v) is 6.15. The van der Waals surface area contributed by atoms with Gasteiger partial charge in [-0.25, -0.2) is 0 Å². The summed E-state index contributed by atoms with van der Waals surface area (Å²) in [5, 5.41) is 6.16. The van der Waals surface area contributed by atoms with E-state index in [4.69, 9.17) is 9.47 Å². The van der Waals surface area contributed by atoms with Gasteiger partial charge in [0.25, 0.3) is 0 Å². The number of hydrogen-bond acceptors (Lipinski definition) is 3. The van der Waals surface area contributed by atoms with Gasteiger partial charge in [0.05, 0.1) is 12.7 Å². The van der Waals surface area contributed by atoms with Gasteiger partial charge in [-0.05, 0) is 37.1 Å². The Labute approximate surface area is 126 Å². The fourth-order valence-electron chi connectivity index (χ4n) is 2.91. The van der Waals surface area contributed by atoms with E-state index in [1.165, 1.54) is 16.3 Å². The van der Waals surface area contributed by atoms with Crippen molar-refractivity contribution in [2.75, 3.05) is 13.2 Å². The Morgan fingerprint density at radius 2 is 1.95 bits per heavy atom. The predicted octanol–water partition coefficient (Wildman–Crippen LogP) is 3.64. The summed E-state index contributed by atoms with van der Waals surface area (Å²) in [6.07, 6.45) is 0.123. The number of hydrogen-bond donors (Lipinski definition) is 1. The van der Waals surface area contributed by atoms with Gasteiger partial charge in [-0.3, -0.25) is 0 Å². The molecule has 1 aliphatic heterocycles. The van der Waals surface area contributed by atoms with E-state index < -0.39 is 5.79 Å². The molecule has 0 amide bonds. The van der Waals surface area contributed by atoms with Crippen molar-refractivity contribution in [3.8, 4) is 0 Å². The zero-order chi connectivity index (χ0) is 14.9. The maximum absolute atomic E-state index is 5.84. The van der Waals surface area contributed by atoms with Crippen molar-refractivity contribution in [2.24, 2.45) is 0 Å². The van der Waals surface area contributed by atoms with Gasteiger partial charge in [0.2, 0.25) is 0 Å². The minimum atomic E-state index is -0.449. The molecule has 112 valence electrons. The molecule has 1 heterocycles. The molecule has 3 heteroatoms. The zero-order valence-electron chi connectivity index (χ0n) is 12.9. The van der Waals surface area contributed by atoms with Gasteiger partial charge < -0.3 is 14.8 Å². The van der Waals surface area contributed by atoms with Crippen LogP contribution in [0.5, 0.6) is 0 Å². The first kappa shape index (κ1) is 14.5. The van der Waals surface area contributed by atoms with Crippen LogP contribution in [0.4, 0.5) is 0 Å². The molecule has 0 spiro atoms. The van der Waals surface area contributed by atoms with Gasteiger partial charge in [0.1, 0.15) is 0 Å². The second kappa shape index (κ2) is 5.76. The first-order chi connectivity index (χ1) is 10.1. The lowest BCUT2D eigenvalue weighted by Gasteiger charge is -2.20. The molecule has 1 aliphatic rings. The highest BCUT2D eigenvalue weighted by atomic mass is 16.7. The molecular weight excluding hydrogens is 262 g/mol. The molecule has 2 aromatic carbocycles. The minimum Gasteiger partial charge on any atom is -0.348 e. The number of nitrogens with one attached hydrogen (secondary N) is 1. The molecule has 0 bridgehead atoms. The molecule has 2 atom stereocenters. The quantitative estimate of drug-likeness (QED) is 0.930. The molecule has 0 aromatic heterocycles. The molecular formula is C18H23NO2. The maximum Gasteiger partial charge on any atom is 0.163 e. The van der Waals surface area contributed by atoms with Crippen molar-refractivity contribution < 1.29 is 9.47 Å². The third-order valence-corrected chi connectivity index (χ3v) is 4.01. The van der Waals surface area contributed by atoms with Crippen LogP contribution in [-0.2, 0) is 9.47 Å². The van der Waals surface area contributed by atoms with Gasteiger partial charge in [0, 0.05) is 12.6 Å². The van der Waals surface area contributed by atoms with E-state index in [0.717, 1.165) is 6.54 Å². The van der Waals surface area contributed by atoms with Crippen LogP contribution in [0.25, 0.3) is 10.8 Å². The van der Waals surface area contributed by atoms with Gasteiger partial charge in [-0.2, -0.15) is 0 Å². The Hall–Kier alpha value is -1.42. The van der Waals surface area contributed by atoms with Crippen LogP contribution in [0.15, 0.2) is 42.5 Å². The highest BCUT2D eigenvalue weighted by molar-refractivity contribution is 5.86. The summed E-state index contributed by atoms with van der Waals surface area (Å²) in [6.45, 7) is 7.57. The zero-order valence-corrected chi connectivity index (χ0v) is 12.9. The number of fused-ring (bicyclic) bond motifs is 1. The Morgan fingerprint density at radius 3 is 2.71 bits per heavy atom. The lowest BCUT2D eigenvalue weighted by Crippen LogP contribution is -2.32. The lowest BCUT2D eigenvalue weighted by molar-refractivity contribution is -0.137. The SMILES string of the molecule is CC(NCC1COC(C)(C)O1)c1cccc2ccccc12. The predicted molar refractivity (Wildman–Crippen MR) is 85.3 cm³/mol. The highest BCUT2D eigenvalue weighted by Gasteiger charge is 2.32. The average molecular weight is 285 g/mol. The van der Waals surface area contributed by atoms with Crippen LogP contribution in [0, 0.1) is 0 Å². The highest BCUT2D eigenvalue weighted by Crippen LogP contribution is 2.25. The van der Waals surface area contributed by atoms with Gasteiger partial charge in [-0.15, -0.1) is 0 Å². The van der Waals surface area contributed by atoms with Crippen molar-refractivity contribution >= 4 is 10.8 Å². The van der Waals surface area contributed by atoms with Crippen molar-refractivity contribution in [3.63, 3.8) is 0 Å². The Balaban J connectivity index is 1.69. The van der Waals surface area contributed by atoms with E-state index in [1.54, 1.807) is 0 Å². The van der Waals surface area contributed by atoms with Gasteiger partial charge >= 0.3 is 0 Å². The summed E-state index contributed by atoms with van der Waals surface area (Å²) < 4.78 is 11.4. The van der Waals surface area contributed by atoms with Crippen LogP contribution < -0.4 is 5.32 Å². The Morgan fingerprint density at radius 1 is 1.19 bits per heavy atom. The van der Waals surface area contributed by atoms with Crippen LogP contribution >= 0.6 is 0 Å². The standard InChI is InChI=1S/C18H23NO2/c1-13(19-11-15-12-20-18(2,3)21-15)16-10-6-8-14-7-4-5-9-17(14)16/h4-10,13,15,19H,11-12H2,1-3H3. The number of ether oxygens (including phenoxy) is 2. The largest absolute Gasteiger partial charge is 0.348 e. The summed E-state index contributed by atoms with van der Waals surface area (Å²) in [7, 11) is 0. The molecule has 2 aromatic rings. The topological polar surface area (TPSA) is 30.5 Å². The molecule has 2 unspecified atom stereocenters. The summed E-state index contributed by atoms with van der Waals surface area (Å²) in [5.41, 5.74) is 1.33. The molecule has 0 saturated carbocycles. The van der Waals surface area contributed by atoms with E-state index in [-0.39, 0.29) is 12.1 Å². The summed E-state index contributed by atoms with van der Waals surface area (Å²) in [5.74, 6) is -0.449. The molecule has 1 saturated heterocycles. The van der Waals surface area contributed by atoms with E-state index in [0.29, 0.717) is 6.61 Å². The number of rotatable bonds is 4. The minimum absolute atomic E-state index is 0.123. The van der Waals surface area contributed by atoms with Crippen molar-refractivity contribution in [3.05, 3.63) is 48.0 Å². The Kier molecular flexibility index (Phi) is 3.98. The second-order valence-electron chi connectivity index (χ2n) is 6.15. The van der Waals surface area contributed by atoms with E-state index in [9.17, 15) is 0 Å². The summed E-state index contributed by atoms with van der Waals surface area (Å²) >= 11 is 0. The van der Waals surface area contributed by atoms with Crippen LogP contribution in [-0.4, -0.2) is 25.0 Å². The first-order valence-corrected chi connectivity index (χ1v) is 7.58. The van der Waals surface area contributed by atoms with Gasteiger partial charge in [-0.1, -0.05) is 42.5 Å². The van der Waals surface area contributed by atoms with Gasteiger partial charge in [0.15, 0.2) is 5.79 Å². The molecule has 3 rings (SSSR count). The molecule has 0 aliphatic carbocycles. The van der Waals surface area contributed by atoms with Crippen molar-refractivity contribution in [1.29, 1.82) is 0 Å². The number of benzene rings is 2. The normalized spacial score (nSPS) is 22.5. The third kappa shape index (κ3) is 3.26. The van der Waals surface area contributed by atoms with Crippen molar-refractivity contribution in [1.82, 2.24) is 5.32 Å². The lowest BCUT2D eigenvalue weighted by atomic mass is 9.99. The Bertz CT molecular complexity index is 618. The smallest absolute Gasteiger partial charge is 0.163 e. The average Bonchev–Trinajstić information content (AvgIpc) is 2.83. The summed E-state index contributed by atoms with van der Waals surface area (Å²) in [4.78, 5) is 0. The fraction of sp³-hybridized carbons (Fsp3) is 0.444. The van der Waals surface area contributed by atoms with Crippen LogP contribution in [0.2, 0.25) is 0 Å². The first-order valence-electron chi connectivity index (χ1n) is 7.58. The van der Waals surface area contributed by atoms with Crippen LogP contribution in [0.1, 0.15) is 32.4 Å².